The van der Waals surface area contributed by atoms with E-state index in [2.05, 4.69) is 14.8 Å². The molecule has 0 unspecified atom stereocenters. The predicted molar refractivity (Wildman–Crippen MR) is 101 cm³/mol. The van der Waals surface area contributed by atoms with Crippen LogP contribution < -0.4 is 5.32 Å². The van der Waals surface area contributed by atoms with Crippen LogP contribution in [0.3, 0.4) is 0 Å². The van der Waals surface area contributed by atoms with Gasteiger partial charge in [0.1, 0.15) is 6.04 Å². The molecule has 0 saturated carbocycles. The summed E-state index contributed by atoms with van der Waals surface area (Å²) in [4.78, 5) is 48.1. The molecule has 0 aliphatic heterocycles. The van der Waals surface area contributed by atoms with E-state index < -0.39 is 41.7 Å². The summed E-state index contributed by atoms with van der Waals surface area (Å²) in [6, 6.07) is 5.27. The van der Waals surface area contributed by atoms with E-state index in [1.807, 2.05) is 20.8 Å². The van der Waals surface area contributed by atoms with Crippen molar-refractivity contribution in [2.45, 2.75) is 39.2 Å². The number of hydrogen-bond donors (Lipinski definition) is 2. The van der Waals surface area contributed by atoms with Crippen LogP contribution >= 0.6 is 0 Å². The number of benzene rings is 1. The van der Waals surface area contributed by atoms with Gasteiger partial charge in [-0.25, -0.2) is 4.79 Å². The summed E-state index contributed by atoms with van der Waals surface area (Å²) >= 11 is 0. The molecule has 0 aliphatic carbocycles. The maximum Gasteiger partial charge on any atom is 0.326 e. The fraction of sp³-hybridized carbons (Fsp3) is 0.500. The minimum Gasteiger partial charge on any atom is -0.480 e. The highest BCUT2D eigenvalue weighted by Gasteiger charge is 2.42. The largest absolute Gasteiger partial charge is 0.480 e. The highest BCUT2D eigenvalue weighted by atomic mass is 16.5. The molecule has 0 aliphatic rings. The van der Waals surface area contributed by atoms with Crippen LogP contribution in [0.4, 0.5) is 0 Å². The molecule has 154 valence electrons. The maximum atomic E-state index is 12.5. The number of ether oxygens (including phenoxy) is 2. The number of amides is 1. The van der Waals surface area contributed by atoms with Gasteiger partial charge >= 0.3 is 17.9 Å². The first-order chi connectivity index (χ1) is 12.9. The van der Waals surface area contributed by atoms with Gasteiger partial charge in [0, 0.05) is 11.5 Å². The molecule has 0 bridgehead atoms. The molecule has 2 atom stereocenters. The van der Waals surface area contributed by atoms with Crippen LogP contribution in [0.2, 0.25) is 0 Å². The van der Waals surface area contributed by atoms with Gasteiger partial charge in [0.2, 0.25) is 0 Å². The highest BCUT2D eigenvalue weighted by Crippen LogP contribution is 2.23. The number of carbonyl (C=O) groups excluding carboxylic acids is 3. The summed E-state index contributed by atoms with van der Waals surface area (Å²) in [5, 5.41) is 11.9. The molecule has 1 aromatic rings. The molecular weight excluding hydrogens is 366 g/mol. The van der Waals surface area contributed by atoms with Crippen LogP contribution in [0.5, 0.6) is 0 Å². The van der Waals surface area contributed by atoms with Crippen molar-refractivity contribution in [1.82, 2.24) is 5.32 Å². The van der Waals surface area contributed by atoms with Crippen molar-refractivity contribution < 1.29 is 33.8 Å². The molecule has 2 N–H and O–H groups in total. The number of hydrogen-bond acceptors (Lipinski definition) is 6. The Bertz CT molecular complexity index is 718. The van der Waals surface area contributed by atoms with Gasteiger partial charge in [-0.15, -0.1) is 0 Å². The first kappa shape index (κ1) is 23.1. The molecule has 8 nitrogen and oxygen atoms in total. The summed E-state index contributed by atoms with van der Waals surface area (Å²) in [5.74, 6) is -6.48. The maximum absolute atomic E-state index is 12.5. The van der Waals surface area contributed by atoms with E-state index in [-0.39, 0.29) is 11.0 Å². The lowest BCUT2D eigenvalue weighted by Crippen LogP contribution is -2.50. The predicted octanol–water partition coefficient (Wildman–Crippen LogP) is 1.77. The number of carboxylic acids is 1. The molecule has 1 rings (SSSR count). The summed E-state index contributed by atoms with van der Waals surface area (Å²) in [6.07, 6.45) is 0. The van der Waals surface area contributed by atoms with Crippen molar-refractivity contribution in [2.75, 3.05) is 14.2 Å². The summed E-state index contributed by atoms with van der Waals surface area (Å²) in [5.41, 5.74) is 1.18. The lowest BCUT2D eigenvalue weighted by Gasteiger charge is -2.26. The SMILES string of the molecule is COC(=O)C(C(=O)OC)[C@H](C)[C@@H](NC(=O)c1ccc(C(C)(C)C)cc1)C(=O)O. The van der Waals surface area contributed by atoms with Gasteiger partial charge < -0.3 is 19.9 Å². The minimum atomic E-state index is -1.50. The fourth-order valence-corrected chi connectivity index (χ4v) is 2.74. The molecular formula is C20H27NO7. The third-order valence-corrected chi connectivity index (χ3v) is 4.53. The van der Waals surface area contributed by atoms with E-state index in [0.29, 0.717) is 0 Å². The van der Waals surface area contributed by atoms with Gasteiger partial charge in [0.15, 0.2) is 5.92 Å². The Balaban J connectivity index is 3.08. The van der Waals surface area contributed by atoms with E-state index >= 15 is 0 Å². The van der Waals surface area contributed by atoms with Crippen LogP contribution in [0, 0.1) is 11.8 Å². The highest BCUT2D eigenvalue weighted by molar-refractivity contribution is 5.98. The average Bonchev–Trinajstić information content (AvgIpc) is 2.64. The summed E-state index contributed by atoms with van der Waals surface area (Å²) in [7, 11) is 2.16. The summed E-state index contributed by atoms with van der Waals surface area (Å²) in [6.45, 7) is 7.46. The Morgan fingerprint density at radius 2 is 1.43 bits per heavy atom. The van der Waals surface area contributed by atoms with Crippen molar-refractivity contribution in [1.29, 1.82) is 0 Å². The van der Waals surface area contributed by atoms with Crippen LogP contribution in [-0.4, -0.2) is 49.2 Å². The van der Waals surface area contributed by atoms with Gasteiger partial charge in [-0.05, 0) is 23.1 Å². The third kappa shape index (κ3) is 5.55. The van der Waals surface area contributed by atoms with Crippen molar-refractivity contribution in [3.63, 3.8) is 0 Å². The lowest BCUT2D eigenvalue weighted by molar-refractivity contribution is -0.162. The van der Waals surface area contributed by atoms with Crippen LogP contribution in [-0.2, 0) is 29.3 Å². The Labute approximate surface area is 164 Å². The van der Waals surface area contributed by atoms with Gasteiger partial charge in [-0.3, -0.25) is 14.4 Å². The molecule has 0 saturated heterocycles. The quantitative estimate of drug-likeness (QED) is 0.535. The molecule has 0 heterocycles. The van der Waals surface area contributed by atoms with Gasteiger partial charge in [0.05, 0.1) is 14.2 Å². The zero-order chi connectivity index (χ0) is 21.6. The van der Waals surface area contributed by atoms with E-state index in [1.165, 1.54) is 6.92 Å². The van der Waals surface area contributed by atoms with E-state index in [9.17, 15) is 24.3 Å². The van der Waals surface area contributed by atoms with Crippen LogP contribution in [0.15, 0.2) is 24.3 Å². The zero-order valence-electron chi connectivity index (χ0n) is 16.9. The first-order valence-electron chi connectivity index (χ1n) is 8.73. The fourth-order valence-electron chi connectivity index (χ4n) is 2.74. The molecule has 0 spiro atoms. The van der Waals surface area contributed by atoms with E-state index in [1.54, 1.807) is 24.3 Å². The molecule has 0 aromatic heterocycles. The molecule has 0 fully saturated rings. The van der Waals surface area contributed by atoms with Crippen molar-refractivity contribution >= 4 is 23.8 Å². The molecule has 0 radical (unpaired) electrons. The second-order valence-electron chi connectivity index (χ2n) is 7.50. The monoisotopic (exact) mass is 393 g/mol. The Morgan fingerprint density at radius 3 is 1.79 bits per heavy atom. The Kier molecular flexibility index (Phi) is 7.72. The van der Waals surface area contributed by atoms with Gasteiger partial charge in [-0.2, -0.15) is 0 Å². The second-order valence-corrected chi connectivity index (χ2v) is 7.50. The number of methoxy groups -OCH3 is 2. The Morgan fingerprint density at radius 1 is 0.964 bits per heavy atom. The van der Waals surface area contributed by atoms with Crippen molar-refractivity contribution in [3.05, 3.63) is 35.4 Å². The van der Waals surface area contributed by atoms with Gasteiger partial charge in [0.25, 0.3) is 5.91 Å². The number of rotatable bonds is 7. The molecule has 1 amide bonds. The Hall–Kier alpha value is -2.90. The standard InChI is InChI=1S/C20H27NO7/c1-11(14(18(25)27-5)19(26)28-6)15(17(23)24)21-16(22)12-7-9-13(10-8-12)20(2,3)4/h7-11,14-15H,1-6H3,(H,21,22)(H,23,24)/t11-,15+/m0/s1. The van der Waals surface area contributed by atoms with Gasteiger partial charge in [-0.1, -0.05) is 39.8 Å². The molecule has 1 aromatic carbocycles. The zero-order valence-corrected chi connectivity index (χ0v) is 16.9. The smallest absolute Gasteiger partial charge is 0.326 e. The van der Waals surface area contributed by atoms with Crippen LogP contribution in [0.1, 0.15) is 43.6 Å². The molecule has 28 heavy (non-hydrogen) atoms. The minimum absolute atomic E-state index is 0.0959. The second kappa shape index (κ2) is 9.34. The third-order valence-electron chi connectivity index (χ3n) is 4.53. The van der Waals surface area contributed by atoms with Crippen molar-refractivity contribution in [3.8, 4) is 0 Å². The normalized spacial score (nSPS) is 13.4. The van der Waals surface area contributed by atoms with Crippen molar-refractivity contribution in [2.24, 2.45) is 11.8 Å². The average molecular weight is 393 g/mol. The lowest BCUT2D eigenvalue weighted by atomic mass is 9.86. The topological polar surface area (TPSA) is 119 Å². The van der Waals surface area contributed by atoms with E-state index in [0.717, 1.165) is 19.8 Å². The number of carbonyl (C=O) groups is 4. The number of carboxylic acid groups (broad SMARTS) is 1. The number of aliphatic carboxylic acids is 1. The molecule has 8 heteroatoms. The van der Waals surface area contributed by atoms with E-state index in [4.69, 9.17) is 0 Å². The van der Waals surface area contributed by atoms with Crippen LogP contribution in [0.25, 0.3) is 0 Å². The first-order valence-corrected chi connectivity index (χ1v) is 8.73. The summed E-state index contributed by atoms with van der Waals surface area (Å²) < 4.78 is 9.15. The number of esters is 2. The number of nitrogens with one attached hydrogen (secondary N) is 1.